The molecule has 1 N–H and O–H groups in total. The Labute approximate surface area is 106 Å². The quantitative estimate of drug-likeness (QED) is 0.894. The topological polar surface area (TPSA) is 29.5 Å². The van der Waals surface area contributed by atoms with Crippen molar-refractivity contribution in [3.8, 4) is 11.5 Å². The predicted molar refractivity (Wildman–Crippen MR) is 68.3 cm³/mol. The molecular formula is C15H15FO2. The van der Waals surface area contributed by atoms with Gasteiger partial charge in [-0.1, -0.05) is 12.1 Å². The van der Waals surface area contributed by atoms with E-state index < -0.39 is 5.82 Å². The number of hydrogen-bond donors (Lipinski definition) is 1. The molecule has 3 heteroatoms. The summed E-state index contributed by atoms with van der Waals surface area (Å²) in [7, 11) is 0. The molecule has 2 rings (SSSR count). The predicted octanol–water partition coefficient (Wildman–Crippen LogP) is 3.73. The molecule has 2 aromatic rings. The molecule has 0 radical (unpaired) electrons. The van der Waals surface area contributed by atoms with Crippen molar-refractivity contribution in [2.75, 3.05) is 0 Å². The minimum Gasteiger partial charge on any atom is -0.457 e. The van der Waals surface area contributed by atoms with Gasteiger partial charge < -0.3 is 9.84 Å². The molecular weight excluding hydrogens is 231 g/mol. The number of hydrogen-bond acceptors (Lipinski definition) is 2. The molecule has 0 fully saturated rings. The van der Waals surface area contributed by atoms with Crippen LogP contribution in [-0.4, -0.2) is 5.11 Å². The van der Waals surface area contributed by atoms with Gasteiger partial charge in [0.2, 0.25) is 0 Å². The van der Waals surface area contributed by atoms with Crippen molar-refractivity contribution in [3.63, 3.8) is 0 Å². The van der Waals surface area contributed by atoms with Crippen LogP contribution in [-0.2, 0) is 6.61 Å². The molecule has 0 heterocycles. The highest BCUT2D eigenvalue weighted by atomic mass is 19.1. The normalized spacial score (nSPS) is 10.4. The van der Waals surface area contributed by atoms with Crippen LogP contribution in [0.4, 0.5) is 4.39 Å². The summed E-state index contributed by atoms with van der Waals surface area (Å²) in [5.74, 6) is 0.537. The summed E-state index contributed by atoms with van der Waals surface area (Å²) in [6.07, 6.45) is 0. The van der Waals surface area contributed by atoms with Gasteiger partial charge in [-0.2, -0.15) is 0 Å². The zero-order valence-corrected chi connectivity index (χ0v) is 10.4. The molecule has 0 atom stereocenters. The fourth-order valence-corrected chi connectivity index (χ4v) is 1.91. The molecule has 0 saturated heterocycles. The van der Waals surface area contributed by atoms with E-state index in [9.17, 15) is 4.39 Å². The number of benzene rings is 2. The Balaban J connectivity index is 2.36. The van der Waals surface area contributed by atoms with Gasteiger partial charge in [0, 0.05) is 0 Å². The Morgan fingerprint density at radius 1 is 1.11 bits per heavy atom. The van der Waals surface area contributed by atoms with Gasteiger partial charge in [-0.05, 0) is 49.2 Å². The zero-order chi connectivity index (χ0) is 13.1. The molecule has 0 aliphatic carbocycles. The summed E-state index contributed by atoms with van der Waals surface area (Å²) in [5.41, 5.74) is 2.33. The van der Waals surface area contributed by atoms with E-state index in [1.165, 1.54) is 6.07 Å². The maximum atomic E-state index is 13.5. The van der Waals surface area contributed by atoms with E-state index in [-0.39, 0.29) is 12.2 Å². The number of ether oxygens (including phenoxy) is 1. The van der Waals surface area contributed by atoms with Crippen molar-refractivity contribution >= 4 is 0 Å². The minimum absolute atomic E-state index is 0.177. The first-order valence-electron chi connectivity index (χ1n) is 5.74. The second-order valence-corrected chi connectivity index (χ2v) is 4.30. The van der Waals surface area contributed by atoms with Gasteiger partial charge in [-0.3, -0.25) is 0 Å². The molecule has 2 nitrogen and oxygen atoms in total. The van der Waals surface area contributed by atoms with E-state index in [4.69, 9.17) is 9.84 Å². The van der Waals surface area contributed by atoms with Crippen LogP contribution in [0.3, 0.4) is 0 Å². The Kier molecular flexibility index (Phi) is 3.63. The summed E-state index contributed by atoms with van der Waals surface area (Å²) >= 11 is 0. The van der Waals surface area contributed by atoms with Gasteiger partial charge in [-0.25, -0.2) is 4.39 Å². The minimum atomic E-state index is -0.459. The molecule has 0 aromatic heterocycles. The maximum absolute atomic E-state index is 13.5. The summed E-state index contributed by atoms with van der Waals surface area (Å²) in [4.78, 5) is 0. The van der Waals surface area contributed by atoms with Crippen LogP contribution < -0.4 is 4.74 Å². The number of halogens is 1. The highest BCUT2D eigenvalue weighted by Crippen LogP contribution is 2.28. The Morgan fingerprint density at radius 2 is 1.78 bits per heavy atom. The first-order valence-corrected chi connectivity index (χ1v) is 5.74. The van der Waals surface area contributed by atoms with Crippen LogP contribution >= 0.6 is 0 Å². The largest absolute Gasteiger partial charge is 0.457 e. The van der Waals surface area contributed by atoms with Crippen LogP contribution in [0.1, 0.15) is 16.7 Å². The van der Waals surface area contributed by atoms with Gasteiger partial charge in [0.05, 0.1) is 12.2 Å². The molecule has 94 valence electrons. The second-order valence-electron chi connectivity index (χ2n) is 4.30. The lowest BCUT2D eigenvalue weighted by Crippen LogP contribution is -1.95. The van der Waals surface area contributed by atoms with E-state index in [2.05, 4.69) is 0 Å². The van der Waals surface area contributed by atoms with E-state index >= 15 is 0 Å². The Morgan fingerprint density at radius 3 is 2.39 bits per heavy atom. The molecule has 18 heavy (non-hydrogen) atoms. The van der Waals surface area contributed by atoms with E-state index in [1.807, 2.05) is 32.0 Å². The van der Waals surface area contributed by atoms with Gasteiger partial charge >= 0.3 is 0 Å². The molecule has 0 aliphatic heterocycles. The first kappa shape index (κ1) is 12.6. The summed E-state index contributed by atoms with van der Waals surface area (Å²) in [6.45, 7) is 3.56. The van der Waals surface area contributed by atoms with Crippen molar-refractivity contribution in [1.82, 2.24) is 0 Å². The molecule has 0 spiro atoms. The standard InChI is InChI=1S/C15H15FO2/c1-10-6-11(2)8-12(7-10)18-15-5-3-4-14(16)13(15)9-17/h3-8,17H,9H2,1-2H3. The lowest BCUT2D eigenvalue weighted by atomic mass is 10.1. The van der Waals surface area contributed by atoms with Crippen LogP contribution in [0, 0.1) is 19.7 Å². The third kappa shape index (κ3) is 2.68. The van der Waals surface area contributed by atoms with Crippen molar-refractivity contribution in [2.45, 2.75) is 20.5 Å². The van der Waals surface area contributed by atoms with Crippen LogP contribution in [0.15, 0.2) is 36.4 Å². The molecule has 0 aliphatic rings. The van der Waals surface area contributed by atoms with Crippen molar-refractivity contribution in [3.05, 3.63) is 58.9 Å². The van der Waals surface area contributed by atoms with Crippen molar-refractivity contribution in [1.29, 1.82) is 0 Å². The van der Waals surface area contributed by atoms with Crippen LogP contribution in [0.5, 0.6) is 11.5 Å². The van der Waals surface area contributed by atoms with Crippen LogP contribution in [0.25, 0.3) is 0 Å². The summed E-state index contributed by atoms with van der Waals surface area (Å²) < 4.78 is 19.1. The summed E-state index contributed by atoms with van der Waals surface area (Å²) in [6, 6.07) is 10.3. The van der Waals surface area contributed by atoms with Gasteiger partial charge in [0.15, 0.2) is 0 Å². The zero-order valence-electron chi connectivity index (χ0n) is 10.4. The number of aryl methyl sites for hydroxylation is 2. The molecule has 0 bridgehead atoms. The highest BCUT2D eigenvalue weighted by Gasteiger charge is 2.09. The number of aliphatic hydroxyl groups excluding tert-OH is 1. The Hall–Kier alpha value is -1.87. The SMILES string of the molecule is Cc1cc(C)cc(Oc2cccc(F)c2CO)c1. The maximum Gasteiger partial charge on any atom is 0.135 e. The molecule has 0 saturated carbocycles. The van der Waals surface area contributed by atoms with E-state index in [0.717, 1.165) is 11.1 Å². The smallest absolute Gasteiger partial charge is 0.135 e. The fourth-order valence-electron chi connectivity index (χ4n) is 1.91. The average molecular weight is 246 g/mol. The molecule has 2 aromatic carbocycles. The van der Waals surface area contributed by atoms with Gasteiger partial charge in [0.1, 0.15) is 17.3 Å². The van der Waals surface area contributed by atoms with Crippen molar-refractivity contribution < 1.29 is 14.2 Å². The van der Waals surface area contributed by atoms with E-state index in [1.54, 1.807) is 12.1 Å². The average Bonchev–Trinajstić information content (AvgIpc) is 2.27. The Bertz CT molecular complexity index is 544. The van der Waals surface area contributed by atoms with Crippen LogP contribution in [0.2, 0.25) is 0 Å². The lowest BCUT2D eigenvalue weighted by molar-refractivity contribution is 0.270. The summed E-state index contributed by atoms with van der Waals surface area (Å²) in [5, 5.41) is 9.17. The molecule has 0 unspecified atom stereocenters. The van der Waals surface area contributed by atoms with Gasteiger partial charge in [0.25, 0.3) is 0 Å². The van der Waals surface area contributed by atoms with Gasteiger partial charge in [-0.15, -0.1) is 0 Å². The monoisotopic (exact) mass is 246 g/mol. The third-order valence-electron chi connectivity index (χ3n) is 2.66. The first-order chi connectivity index (χ1) is 8.60. The van der Waals surface area contributed by atoms with Crippen molar-refractivity contribution in [2.24, 2.45) is 0 Å². The highest BCUT2D eigenvalue weighted by molar-refractivity contribution is 5.40. The second kappa shape index (κ2) is 5.19. The number of aliphatic hydroxyl groups is 1. The van der Waals surface area contributed by atoms with E-state index in [0.29, 0.717) is 11.5 Å². The molecule has 0 amide bonds. The third-order valence-corrected chi connectivity index (χ3v) is 2.66. The fraction of sp³-hybridized carbons (Fsp3) is 0.200. The number of rotatable bonds is 3. The lowest BCUT2D eigenvalue weighted by Gasteiger charge is -2.11.